The molecule has 0 aromatic heterocycles. The van der Waals surface area contributed by atoms with Crippen LogP contribution in [-0.2, 0) is 0 Å². The second-order valence-electron chi connectivity index (χ2n) is 4.76. The van der Waals surface area contributed by atoms with Gasteiger partial charge >= 0.3 is 0 Å². The fraction of sp³-hybridized carbons (Fsp3) is 0.600. The van der Waals surface area contributed by atoms with Crippen LogP contribution in [0.1, 0.15) is 47.0 Å². The lowest BCUT2D eigenvalue weighted by Crippen LogP contribution is -1.92. The molecule has 0 amide bonds. The van der Waals surface area contributed by atoms with Gasteiger partial charge in [0, 0.05) is 0 Å². The molecule has 0 heteroatoms. The quantitative estimate of drug-likeness (QED) is 0.516. The molecule has 0 aromatic carbocycles. The molecule has 0 bridgehead atoms. The predicted octanol–water partition coefficient (Wildman–Crippen LogP) is 4.94. The highest BCUT2D eigenvalue weighted by atomic mass is 14.0. The Labute approximate surface area is 95.8 Å². The minimum atomic E-state index is 0.672. The highest BCUT2D eigenvalue weighted by Crippen LogP contribution is 2.13. The van der Waals surface area contributed by atoms with Crippen LogP contribution in [0.4, 0.5) is 0 Å². The van der Waals surface area contributed by atoms with Crippen molar-refractivity contribution in [2.75, 3.05) is 0 Å². The largest absolute Gasteiger partial charge is 0.0817 e. The van der Waals surface area contributed by atoms with Crippen LogP contribution in [0.2, 0.25) is 0 Å². The first-order chi connectivity index (χ1) is 7.06. The smallest absolute Gasteiger partial charge is 0.0259 e. The maximum atomic E-state index is 5.38. The van der Waals surface area contributed by atoms with Gasteiger partial charge in [-0.3, -0.25) is 0 Å². The van der Waals surface area contributed by atoms with Crippen molar-refractivity contribution >= 4 is 0 Å². The molecule has 0 saturated heterocycles. The van der Waals surface area contributed by atoms with Crippen molar-refractivity contribution in [3.8, 4) is 0 Å². The Balaban J connectivity index is 3.73. The van der Waals surface area contributed by atoms with Gasteiger partial charge in [0.25, 0.3) is 0 Å². The van der Waals surface area contributed by atoms with Crippen LogP contribution in [0.15, 0.2) is 29.9 Å². The zero-order chi connectivity index (χ0) is 11.7. The Hall–Kier alpha value is -0.780. The molecule has 0 aromatic rings. The SMILES string of the molecule is [CH]=C/C(C)=C/C=C\C(C)CCCC(C)C. The van der Waals surface area contributed by atoms with Gasteiger partial charge in [-0.25, -0.2) is 0 Å². The first-order valence-corrected chi connectivity index (χ1v) is 5.96. The molecule has 0 aliphatic rings. The van der Waals surface area contributed by atoms with Gasteiger partial charge in [-0.15, -0.1) is 0 Å². The summed E-state index contributed by atoms with van der Waals surface area (Å²) in [4.78, 5) is 0. The van der Waals surface area contributed by atoms with Crippen molar-refractivity contribution in [1.82, 2.24) is 0 Å². The third kappa shape index (κ3) is 9.52. The van der Waals surface area contributed by atoms with Crippen molar-refractivity contribution in [3.63, 3.8) is 0 Å². The van der Waals surface area contributed by atoms with E-state index in [0.29, 0.717) is 5.92 Å². The molecular weight excluding hydrogens is 180 g/mol. The second-order valence-corrected chi connectivity index (χ2v) is 4.76. The molecule has 0 rings (SSSR count). The summed E-state index contributed by atoms with van der Waals surface area (Å²) in [5.74, 6) is 1.50. The van der Waals surface area contributed by atoms with Crippen LogP contribution in [0, 0.1) is 18.4 Å². The maximum absolute atomic E-state index is 5.38. The molecule has 15 heavy (non-hydrogen) atoms. The van der Waals surface area contributed by atoms with Gasteiger partial charge in [0.1, 0.15) is 0 Å². The minimum Gasteiger partial charge on any atom is -0.0817 e. The first kappa shape index (κ1) is 14.2. The second kappa shape index (κ2) is 8.52. The third-order valence-electron chi connectivity index (χ3n) is 2.50. The van der Waals surface area contributed by atoms with Gasteiger partial charge in [0.2, 0.25) is 0 Å². The lowest BCUT2D eigenvalue weighted by molar-refractivity contribution is 0.502. The van der Waals surface area contributed by atoms with Crippen molar-refractivity contribution < 1.29 is 0 Å². The maximum Gasteiger partial charge on any atom is -0.0259 e. The number of hydrogen-bond acceptors (Lipinski definition) is 0. The van der Waals surface area contributed by atoms with Crippen molar-refractivity contribution in [2.24, 2.45) is 11.8 Å². The molecule has 0 fully saturated rings. The summed E-state index contributed by atoms with van der Waals surface area (Å²) in [5, 5.41) is 0. The summed E-state index contributed by atoms with van der Waals surface area (Å²) in [6.45, 7) is 14.2. The normalized spacial score (nSPS) is 14.9. The number of allylic oxidation sites excluding steroid dienone is 5. The van der Waals surface area contributed by atoms with Crippen LogP contribution in [0.3, 0.4) is 0 Å². The molecule has 85 valence electrons. The molecule has 0 heterocycles. The van der Waals surface area contributed by atoms with E-state index < -0.39 is 0 Å². The summed E-state index contributed by atoms with van der Waals surface area (Å²) in [6.07, 6.45) is 12.0. The Bertz CT molecular complexity index is 218. The third-order valence-corrected chi connectivity index (χ3v) is 2.50. The van der Waals surface area contributed by atoms with Crippen molar-refractivity contribution in [2.45, 2.75) is 47.0 Å². The molecule has 0 saturated carbocycles. The van der Waals surface area contributed by atoms with Crippen LogP contribution >= 0.6 is 0 Å². The molecule has 0 N–H and O–H groups in total. The lowest BCUT2D eigenvalue weighted by Gasteiger charge is -2.07. The molecule has 0 aliphatic carbocycles. The molecule has 1 radical (unpaired) electrons. The van der Waals surface area contributed by atoms with E-state index in [1.807, 2.05) is 6.92 Å². The summed E-state index contributed by atoms with van der Waals surface area (Å²) in [5.41, 5.74) is 1.11. The fourth-order valence-electron chi connectivity index (χ4n) is 1.40. The Kier molecular flexibility index (Phi) is 8.08. The summed E-state index contributed by atoms with van der Waals surface area (Å²) >= 11 is 0. The highest BCUT2D eigenvalue weighted by Gasteiger charge is 1.98. The van der Waals surface area contributed by atoms with E-state index in [-0.39, 0.29) is 0 Å². The molecular formula is C15H25. The van der Waals surface area contributed by atoms with E-state index in [1.165, 1.54) is 19.3 Å². The zero-order valence-electron chi connectivity index (χ0n) is 10.7. The van der Waals surface area contributed by atoms with Crippen molar-refractivity contribution in [3.05, 3.63) is 36.5 Å². The topological polar surface area (TPSA) is 0 Å². The molecule has 0 nitrogen and oxygen atoms in total. The minimum absolute atomic E-state index is 0.672. The molecule has 0 spiro atoms. The lowest BCUT2D eigenvalue weighted by atomic mass is 9.99. The van der Waals surface area contributed by atoms with Gasteiger partial charge < -0.3 is 0 Å². The van der Waals surface area contributed by atoms with Crippen molar-refractivity contribution in [1.29, 1.82) is 0 Å². The highest BCUT2D eigenvalue weighted by molar-refractivity contribution is 5.18. The van der Waals surface area contributed by atoms with Gasteiger partial charge in [-0.2, -0.15) is 0 Å². The monoisotopic (exact) mass is 205 g/mol. The summed E-state index contributed by atoms with van der Waals surface area (Å²) < 4.78 is 0. The molecule has 0 aliphatic heterocycles. The van der Waals surface area contributed by atoms with E-state index in [2.05, 4.69) is 39.0 Å². The number of hydrogen-bond donors (Lipinski definition) is 0. The fourth-order valence-corrected chi connectivity index (χ4v) is 1.40. The summed E-state index contributed by atoms with van der Waals surface area (Å²) in [6, 6.07) is 0. The summed E-state index contributed by atoms with van der Waals surface area (Å²) in [7, 11) is 0. The van der Waals surface area contributed by atoms with Gasteiger partial charge in [-0.1, -0.05) is 70.1 Å². The van der Waals surface area contributed by atoms with E-state index in [1.54, 1.807) is 6.08 Å². The van der Waals surface area contributed by atoms with E-state index in [4.69, 9.17) is 6.58 Å². The van der Waals surface area contributed by atoms with Crippen LogP contribution in [0.5, 0.6) is 0 Å². The predicted molar refractivity (Wildman–Crippen MR) is 69.6 cm³/mol. The number of rotatable bonds is 7. The first-order valence-electron chi connectivity index (χ1n) is 5.96. The van der Waals surface area contributed by atoms with Gasteiger partial charge in [0.15, 0.2) is 0 Å². The average Bonchev–Trinajstić information content (AvgIpc) is 2.17. The van der Waals surface area contributed by atoms with Crippen LogP contribution < -0.4 is 0 Å². The standard InChI is InChI=1S/C15H25/c1-6-14(4)10-8-12-15(5)11-7-9-13(2)3/h1,6,8,10,12-13,15H,7,9,11H2,2-5H3/b6-1?,12-8-,14-10+. The molecule has 1 atom stereocenters. The van der Waals surface area contributed by atoms with Gasteiger partial charge in [0.05, 0.1) is 0 Å². The van der Waals surface area contributed by atoms with E-state index in [0.717, 1.165) is 11.5 Å². The van der Waals surface area contributed by atoms with E-state index >= 15 is 0 Å². The zero-order valence-corrected chi connectivity index (χ0v) is 10.7. The Morgan fingerprint density at radius 1 is 1.20 bits per heavy atom. The van der Waals surface area contributed by atoms with E-state index in [9.17, 15) is 0 Å². The van der Waals surface area contributed by atoms with Crippen LogP contribution in [-0.4, -0.2) is 0 Å². The van der Waals surface area contributed by atoms with Gasteiger partial charge in [-0.05, 0) is 25.2 Å². The Morgan fingerprint density at radius 2 is 1.87 bits per heavy atom. The molecule has 1 unspecified atom stereocenters. The Morgan fingerprint density at radius 3 is 2.40 bits per heavy atom. The average molecular weight is 205 g/mol. The van der Waals surface area contributed by atoms with Crippen LogP contribution in [0.25, 0.3) is 0 Å².